The molecule has 41 heavy (non-hydrogen) atoms. The summed E-state index contributed by atoms with van der Waals surface area (Å²) in [6.07, 6.45) is -6.57. The first-order chi connectivity index (χ1) is 19.2. The molecule has 15 atom stereocenters. The minimum atomic E-state index is -1.79. The number of aliphatic hydroxyl groups is 8. The van der Waals surface area contributed by atoms with Gasteiger partial charge in [0.15, 0.2) is 12.6 Å². The molecule has 0 amide bonds. The van der Waals surface area contributed by atoms with Gasteiger partial charge in [-0.1, -0.05) is 13.8 Å². The highest BCUT2D eigenvalue weighted by atomic mass is 16.7. The number of rotatable bonds is 4. The highest BCUT2D eigenvalue weighted by Gasteiger charge is 2.74. The minimum absolute atomic E-state index is 0.00740. The van der Waals surface area contributed by atoms with Gasteiger partial charge in [0, 0.05) is 24.3 Å². The number of carbonyl (C=O) groups excluding carboxylic acids is 1. The van der Waals surface area contributed by atoms with Crippen molar-refractivity contribution in [1.29, 1.82) is 0 Å². The molecular formula is C29H44O12. The molecule has 1 saturated heterocycles. The van der Waals surface area contributed by atoms with Crippen molar-refractivity contribution in [3.8, 4) is 0 Å². The van der Waals surface area contributed by atoms with Crippen LogP contribution in [0.1, 0.15) is 58.8 Å². The van der Waals surface area contributed by atoms with E-state index < -0.39 is 77.7 Å². The van der Waals surface area contributed by atoms with E-state index in [0.717, 1.165) is 5.57 Å². The number of ether oxygens (including phenoxy) is 3. The van der Waals surface area contributed by atoms with E-state index in [1.54, 1.807) is 6.08 Å². The molecule has 6 rings (SSSR count). The monoisotopic (exact) mass is 584 g/mol. The highest BCUT2D eigenvalue weighted by molar-refractivity contribution is 5.85. The van der Waals surface area contributed by atoms with Crippen LogP contribution in [0.4, 0.5) is 0 Å². The summed E-state index contributed by atoms with van der Waals surface area (Å²) in [6, 6.07) is 0. The Morgan fingerprint density at radius 3 is 2.41 bits per heavy atom. The first kappa shape index (κ1) is 29.9. The van der Waals surface area contributed by atoms with E-state index in [9.17, 15) is 45.6 Å². The molecule has 12 heteroatoms. The lowest BCUT2D eigenvalue weighted by Gasteiger charge is -2.69. The maximum Gasteiger partial charge on any atom is 0.331 e. The van der Waals surface area contributed by atoms with E-state index in [-0.39, 0.29) is 49.6 Å². The van der Waals surface area contributed by atoms with Gasteiger partial charge < -0.3 is 55.1 Å². The van der Waals surface area contributed by atoms with Crippen LogP contribution in [-0.4, -0.2) is 114 Å². The van der Waals surface area contributed by atoms with Gasteiger partial charge >= 0.3 is 5.97 Å². The number of esters is 1. The van der Waals surface area contributed by atoms with E-state index in [2.05, 4.69) is 6.92 Å². The fourth-order valence-corrected chi connectivity index (χ4v) is 10.4. The van der Waals surface area contributed by atoms with Crippen LogP contribution in [0.2, 0.25) is 0 Å². The van der Waals surface area contributed by atoms with Crippen molar-refractivity contribution < 1.29 is 59.9 Å². The molecule has 6 aliphatic rings. The Morgan fingerprint density at radius 2 is 1.76 bits per heavy atom. The van der Waals surface area contributed by atoms with Gasteiger partial charge in [-0.2, -0.15) is 0 Å². The Bertz CT molecular complexity index is 1080. The molecule has 4 saturated carbocycles. The summed E-state index contributed by atoms with van der Waals surface area (Å²) in [7, 11) is 0. The quantitative estimate of drug-likeness (QED) is 0.143. The third-order valence-corrected chi connectivity index (χ3v) is 12.2. The van der Waals surface area contributed by atoms with Crippen molar-refractivity contribution in [2.75, 3.05) is 13.2 Å². The summed E-state index contributed by atoms with van der Waals surface area (Å²) in [5.74, 6) is -1.21. The van der Waals surface area contributed by atoms with Gasteiger partial charge in [-0.25, -0.2) is 4.79 Å². The molecule has 0 bridgehead atoms. The number of hydrogen-bond donors (Lipinski definition) is 8. The Morgan fingerprint density at radius 1 is 1.02 bits per heavy atom. The zero-order valence-corrected chi connectivity index (χ0v) is 23.5. The molecule has 2 aliphatic heterocycles. The summed E-state index contributed by atoms with van der Waals surface area (Å²) in [4.78, 5) is 11.9. The molecule has 0 radical (unpaired) electrons. The molecular weight excluding hydrogens is 540 g/mol. The molecule has 0 aromatic rings. The molecule has 8 N–H and O–H groups in total. The summed E-state index contributed by atoms with van der Waals surface area (Å²) in [5.41, 5.74) is -3.71. The lowest BCUT2D eigenvalue weighted by molar-refractivity contribution is -0.363. The lowest BCUT2D eigenvalue weighted by Crippen LogP contribution is -2.74. The van der Waals surface area contributed by atoms with E-state index in [1.807, 2.05) is 6.92 Å². The Balaban J connectivity index is 1.28. The average Bonchev–Trinajstić information content (AvgIpc) is 3.45. The van der Waals surface area contributed by atoms with Crippen LogP contribution in [0.3, 0.4) is 0 Å². The van der Waals surface area contributed by atoms with Crippen molar-refractivity contribution in [2.24, 2.45) is 34.5 Å². The van der Waals surface area contributed by atoms with Crippen molar-refractivity contribution in [1.82, 2.24) is 0 Å². The number of carbonyl (C=O) groups is 1. The van der Waals surface area contributed by atoms with Crippen LogP contribution in [0.15, 0.2) is 11.6 Å². The Kier molecular flexibility index (Phi) is 7.22. The topological polar surface area (TPSA) is 207 Å². The second-order valence-corrected chi connectivity index (χ2v) is 13.9. The van der Waals surface area contributed by atoms with E-state index in [0.29, 0.717) is 25.7 Å². The van der Waals surface area contributed by atoms with Crippen molar-refractivity contribution in [3.63, 3.8) is 0 Å². The fraction of sp³-hybridized carbons (Fsp3) is 0.897. The normalized spacial score (nSPS) is 56.9. The van der Waals surface area contributed by atoms with Crippen LogP contribution in [0.5, 0.6) is 0 Å². The number of hydrogen-bond acceptors (Lipinski definition) is 12. The van der Waals surface area contributed by atoms with Crippen LogP contribution in [-0.2, 0) is 19.0 Å². The molecule has 12 nitrogen and oxygen atoms in total. The third kappa shape index (κ3) is 3.99. The predicted molar refractivity (Wildman–Crippen MR) is 138 cm³/mol. The minimum Gasteiger partial charge on any atom is -0.458 e. The molecule has 4 aliphatic carbocycles. The van der Waals surface area contributed by atoms with Crippen molar-refractivity contribution in [3.05, 3.63) is 11.6 Å². The van der Waals surface area contributed by atoms with Gasteiger partial charge in [0.2, 0.25) is 0 Å². The molecule has 5 fully saturated rings. The van der Waals surface area contributed by atoms with Gasteiger partial charge in [-0.05, 0) is 61.3 Å². The van der Waals surface area contributed by atoms with Crippen LogP contribution in [0.25, 0.3) is 0 Å². The Labute approximate surface area is 238 Å². The van der Waals surface area contributed by atoms with Gasteiger partial charge in [-0.3, -0.25) is 0 Å². The average molecular weight is 585 g/mol. The summed E-state index contributed by atoms with van der Waals surface area (Å²) < 4.78 is 16.2. The molecule has 0 aromatic carbocycles. The second kappa shape index (κ2) is 9.91. The Hall–Kier alpha value is -1.19. The first-order valence-corrected chi connectivity index (χ1v) is 14.9. The highest BCUT2D eigenvalue weighted by Crippen LogP contribution is 2.72. The van der Waals surface area contributed by atoms with E-state index in [4.69, 9.17) is 14.2 Å². The van der Waals surface area contributed by atoms with Gasteiger partial charge in [0.25, 0.3) is 0 Å². The summed E-state index contributed by atoms with van der Waals surface area (Å²) in [6.45, 7) is 3.84. The number of cyclic esters (lactones) is 1. The molecule has 0 aromatic heterocycles. The first-order valence-electron chi connectivity index (χ1n) is 14.9. The molecule has 2 unspecified atom stereocenters. The zero-order valence-electron chi connectivity index (χ0n) is 23.5. The largest absolute Gasteiger partial charge is 0.458 e. The van der Waals surface area contributed by atoms with Gasteiger partial charge in [0.05, 0.1) is 35.4 Å². The maximum absolute atomic E-state index is 12.5. The number of aliphatic hydroxyl groups excluding tert-OH is 6. The van der Waals surface area contributed by atoms with Crippen LogP contribution >= 0.6 is 0 Å². The fourth-order valence-electron chi connectivity index (χ4n) is 10.4. The lowest BCUT2D eigenvalue weighted by atomic mass is 9.39. The molecule has 232 valence electrons. The van der Waals surface area contributed by atoms with E-state index >= 15 is 0 Å². The van der Waals surface area contributed by atoms with Crippen molar-refractivity contribution >= 4 is 5.97 Å². The summed E-state index contributed by atoms with van der Waals surface area (Å²) in [5, 5.41) is 87.6. The summed E-state index contributed by atoms with van der Waals surface area (Å²) >= 11 is 0. The van der Waals surface area contributed by atoms with Crippen molar-refractivity contribution in [2.45, 2.75) is 113 Å². The second-order valence-electron chi connectivity index (χ2n) is 13.9. The van der Waals surface area contributed by atoms with E-state index in [1.165, 1.54) is 0 Å². The van der Waals surface area contributed by atoms with Crippen LogP contribution in [0, 0.1) is 34.5 Å². The smallest absolute Gasteiger partial charge is 0.331 e. The standard InChI is InChI=1S/C29H44O12/c1-13-9-26(2)16(14-7-19(32)39-11-14)4-6-29(26,38)17-3-5-27(37)10-15(8-18(31)28(27,12-30)20(13)17)40-25-23(35)21(33)22(34)24(36)41-25/h7,13,15-18,20-25,30-31,33-38H,3-6,8-12H2,1-2H3/t13-,15+,16-,17?,18-,20?,21+,22+,23+,24+,25-,26-,27+,28-,29+/m1/s1. The zero-order chi connectivity index (χ0) is 29.7. The SMILES string of the molecule is C[C@@H]1C[C@]2(C)[C@@H](C3=CC(=O)OC3)CC[C@]2(O)C2CC[C@]3(O)C[C@@H](O[C@@H]4O[C@H](O)[C@@H](O)[C@H](O)[C@@H]4O)C[C@@H](O)[C@]3(CO)C21. The molecule has 0 spiro atoms. The molecule has 2 heterocycles. The van der Waals surface area contributed by atoms with Gasteiger partial charge in [-0.15, -0.1) is 0 Å². The third-order valence-electron chi connectivity index (χ3n) is 12.2. The van der Waals surface area contributed by atoms with Gasteiger partial charge in [0.1, 0.15) is 24.9 Å². The maximum atomic E-state index is 12.5. The number of fused-ring (bicyclic) bond motifs is 5. The van der Waals surface area contributed by atoms with Crippen LogP contribution < -0.4 is 0 Å². The predicted octanol–water partition coefficient (Wildman–Crippen LogP) is -1.31.